The Morgan fingerprint density at radius 1 is 1.00 bits per heavy atom. The van der Waals surface area contributed by atoms with Crippen LogP contribution in [-0.4, -0.2) is 48.8 Å². The maximum absolute atomic E-state index is 9.55. The average molecular weight is 249 g/mol. The highest BCUT2D eigenvalue weighted by Crippen LogP contribution is 1.86. The van der Waals surface area contributed by atoms with E-state index in [-0.39, 0.29) is 12.5 Å². The smallest absolute Gasteiger partial charge is 0.328 e. The van der Waals surface area contributed by atoms with E-state index in [4.69, 9.17) is 19.7 Å². The van der Waals surface area contributed by atoms with Gasteiger partial charge in [0, 0.05) is 26.4 Å². The number of nitrogens with one attached hydrogen (secondary N) is 1. The Labute approximate surface area is 100 Å². The number of methoxy groups -OCH3 is 2. The van der Waals surface area contributed by atoms with E-state index in [0.29, 0.717) is 12.2 Å². The molecule has 7 heteroatoms. The first kappa shape index (κ1) is 17.9. The third-order valence-electron chi connectivity index (χ3n) is 1.55. The molecule has 0 amide bonds. The summed E-state index contributed by atoms with van der Waals surface area (Å²) in [7, 11) is 3.31. The lowest BCUT2D eigenvalue weighted by molar-refractivity contribution is -0.134. The van der Waals surface area contributed by atoms with E-state index in [9.17, 15) is 9.59 Å². The second-order valence-electron chi connectivity index (χ2n) is 2.93. The first-order valence-corrected chi connectivity index (χ1v) is 4.79. The largest absolute Gasteiger partial charge is 0.478 e. The molecule has 0 radical (unpaired) electrons. The Hall–Kier alpha value is -1.44. The minimum absolute atomic E-state index is 0.0555. The van der Waals surface area contributed by atoms with Crippen LogP contribution in [0.2, 0.25) is 0 Å². The molecule has 0 saturated carbocycles. The maximum atomic E-state index is 9.55. The number of hydrogen-bond donors (Lipinski definition) is 3. The maximum Gasteiger partial charge on any atom is 0.328 e. The van der Waals surface area contributed by atoms with Gasteiger partial charge in [-0.15, -0.1) is 0 Å². The van der Waals surface area contributed by atoms with Gasteiger partial charge in [-0.1, -0.05) is 0 Å². The first-order chi connectivity index (χ1) is 7.83. The van der Waals surface area contributed by atoms with Gasteiger partial charge >= 0.3 is 11.9 Å². The van der Waals surface area contributed by atoms with Crippen molar-refractivity contribution >= 4 is 11.9 Å². The monoisotopic (exact) mass is 249 g/mol. The molecular formula is C10H19NO6. The Morgan fingerprint density at radius 3 is 1.47 bits per heavy atom. The molecule has 0 saturated heterocycles. The van der Waals surface area contributed by atoms with Crippen molar-refractivity contribution in [1.82, 2.24) is 5.32 Å². The number of carboxylic acid groups (broad SMARTS) is 2. The zero-order valence-electron chi connectivity index (χ0n) is 10.3. The lowest BCUT2D eigenvalue weighted by Crippen LogP contribution is -2.36. The Balaban J connectivity index is 0. The molecular weight excluding hydrogens is 230 g/mol. The van der Waals surface area contributed by atoms with Crippen LogP contribution in [0.4, 0.5) is 0 Å². The fourth-order valence-corrected chi connectivity index (χ4v) is 0.609. The van der Waals surface area contributed by atoms with Crippen molar-refractivity contribution in [2.75, 3.05) is 14.2 Å². The molecule has 0 aliphatic carbocycles. The van der Waals surface area contributed by atoms with Gasteiger partial charge in [-0.2, -0.15) is 0 Å². The SMILES string of the molecule is COC(C)NC(C)OC.O=C(O)C=CC(=O)O. The van der Waals surface area contributed by atoms with Gasteiger partial charge in [-0.3, -0.25) is 5.32 Å². The Bertz CT molecular complexity index is 229. The number of rotatable bonds is 6. The molecule has 0 rings (SSSR count). The quantitative estimate of drug-likeness (QED) is 0.458. The zero-order chi connectivity index (χ0) is 13.8. The second-order valence-corrected chi connectivity index (χ2v) is 2.93. The van der Waals surface area contributed by atoms with Gasteiger partial charge < -0.3 is 19.7 Å². The summed E-state index contributed by atoms with van der Waals surface area (Å²) in [5.41, 5.74) is 0. The van der Waals surface area contributed by atoms with Gasteiger partial charge in [0.15, 0.2) is 0 Å². The van der Waals surface area contributed by atoms with Crippen LogP contribution >= 0.6 is 0 Å². The summed E-state index contributed by atoms with van der Waals surface area (Å²) in [6.45, 7) is 3.85. The number of aliphatic carboxylic acids is 2. The van der Waals surface area contributed by atoms with Crippen molar-refractivity contribution in [3.63, 3.8) is 0 Å². The minimum Gasteiger partial charge on any atom is -0.478 e. The summed E-state index contributed by atoms with van der Waals surface area (Å²) in [4.78, 5) is 19.1. The van der Waals surface area contributed by atoms with Crippen LogP contribution in [0.3, 0.4) is 0 Å². The first-order valence-electron chi connectivity index (χ1n) is 4.79. The van der Waals surface area contributed by atoms with E-state index in [2.05, 4.69) is 5.32 Å². The Morgan fingerprint density at radius 2 is 1.29 bits per heavy atom. The fourth-order valence-electron chi connectivity index (χ4n) is 0.609. The van der Waals surface area contributed by atoms with Crippen molar-refractivity contribution in [2.24, 2.45) is 0 Å². The average Bonchev–Trinajstić information content (AvgIpc) is 2.26. The summed E-state index contributed by atoms with van der Waals surface area (Å²) in [5, 5.41) is 18.7. The van der Waals surface area contributed by atoms with Crippen LogP contribution in [0.25, 0.3) is 0 Å². The van der Waals surface area contributed by atoms with Crippen molar-refractivity contribution < 1.29 is 29.3 Å². The summed E-state index contributed by atoms with van der Waals surface area (Å²) in [5.74, 6) is -2.51. The second kappa shape index (κ2) is 11.1. The van der Waals surface area contributed by atoms with Gasteiger partial charge in [-0.25, -0.2) is 9.59 Å². The van der Waals surface area contributed by atoms with Crippen molar-refractivity contribution in [1.29, 1.82) is 0 Å². The van der Waals surface area contributed by atoms with E-state index in [1.165, 1.54) is 0 Å². The predicted molar refractivity (Wildman–Crippen MR) is 60.5 cm³/mol. The van der Waals surface area contributed by atoms with E-state index in [1.54, 1.807) is 14.2 Å². The molecule has 2 unspecified atom stereocenters. The molecule has 7 nitrogen and oxygen atoms in total. The molecule has 0 fully saturated rings. The molecule has 100 valence electrons. The van der Waals surface area contributed by atoms with Crippen LogP contribution < -0.4 is 5.32 Å². The standard InChI is InChI=1S/C6H15NO2.C4H4O4/c1-5(8-3)7-6(2)9-4;5-3(6)1-2-4(7)8/h5-7H,1-4H3;1-2H,(H,5,6)(H,7,8). The molecule has 0 heterocycles. The molecule has 17 heavy (non-hydrogen) atoms. The van der Waals surface area contributed by atoms with Gasteiger partial charge in [0.05, 0.1) is 0 Å². The highest BCUT2D eigenvalue weighted by atomic mass is 16.5. The summed E-state index contributed by atoms with van der Waals surface area (Å²) < 4.78 is 9.86. The third kappa shape index (κ3) is 17.2. The summed E-state index contributed by atoms with van der Waals surface area (Å²) in [6, 6.07) is 0. The number of ether oxygens (including phenoxy) is 2. The summed E-state index contributed by atoms with van der Waals surface area (Å²) >= 11 is 0. The number of carbonyl (C=O) groups is 2. The van der Waals surface area contributed by atoms with E-state index < -0.39 is 11.9 Å². The molecule has 0 bridgehead atoms. The molecule has 2 atom stereocenters. The lowest BCUT2D eigenvalue weighted by atomic mass is 10.5. The lowest BCUT2D eigenvalue weighted by Gasteiger charge is -2.16. The molecule has 3 N–H and O–H groups in total. The molecule has 0 aliphatic heterocycles. The van der Waals surface area contributed by atoms with Crippen LogP contribution in [0.15, 0.2) is 12.2 Å². The minimum atomic E-state index is -1.26. The fraction of sp³-hybridized carbons (Fsp3) is 0.600. The van der Waals surface area contributed by atoms with E-state index in [1.807, 2.05) is 13.8 Å². The summed E-state index contributed by atoms with van der Waals surface area (Å²) in [6.07, 6.45) is 1.23. The van der Waals surface area contributed by atoms with Crippen LogP contribution in [0, 0.1) is 0 Å². The number of carboxylic acids is 2. The normalized spacial score (nSPS) is 13.6. The van der Waals surface area contributed by atoms with Gasteiger partial charge in [-0.05, 0) is 13.8 Å². The highest BCUT2D eigenvalue weighted by molar-refractivity contribution is 5.89. The topological polar surface area (TPSA) is 105 Å². The third-order valence-corrected chi connectivity index (χ3v) is 1.55. The van der Waals surface area contributed by atoms with E-state index >= 15 is 0 Å². The predicted octanol–water partition coefficient (Wildman–Crippen LogP) is 0.273. The van der Waals surface area contributed by atoms with Gasteiger partial charge in [0.2, 0.25) is 0 Å². The van der Waals surface area contributed by atoms with Crippen LogP contribution in [0.1, 0.15) is 13.8 Å². The van der Waals surface area contributed by atoms with Crippen LogP contribution in [-0.2, 0) is 19.1 Å². The molecule has 0 aromatic heterocycles. The van der Waals surface area contributed by atoms with Crippen LogP contribution in [0.5, 0.6) is 0 Å². The highest BCUT2D eigenvalue weighted by Gasteiger charge is 2.02. The van der Waals surface area contributed by atoms with Crippen molar-refractivity contribution in [3.8, 4) is 0 Å². The molecule has 0 aliphatic rings. The van der Waals surface area contributed by atoms with Gasteiger partial charge in [0.1, 0.15) is 12.5 Å². The van der Waals surface area contributed by atoms with Gasteiger partial charge in [0.25, 0.3) is 0 Å². The zero-order valence-corrected chi connectivity index (χ0v) is 10.3. The Kier molecular flexibility index (Phi) is 11.7. The number of hydrogen-bond acceptors (Lipinski definition) is 5. The molecule has 0 aromatic carbocycles. The van der Waals surface area contributed by atoms with E-state index in [0.717, 1.165) is 0 Å². The molecule has 0 spiro atoms. The van der Waals surface area contributed by atoms with Crippen molar-refractivity contribution in [2.45, 2.75) is 26.3 Å². The molecule has 0 aromatic rings. The van der Waals surface area contributed by atoms with Crippen molar-refractivity contribution in [3.05, 3.63) is 12.2 Å².